The van der Waals surface area contributed by atoms with Crippen LogP contribution >= 0.6 is 0 Å². The van der Waals surface area contributed by atoms with Crippen molar-refractivity contribution in [1.29, 1.82) is 0 Å². The van der Waals surface area contributed by atoms with Crippen LogP contribution in [0.3, 0.4) is 0 Å². The zero-order chi connectivity index (χ0) is 10.9. The fourth-order valence-electron chi connectivity index (χ4n) is 2.23. The molecule has 1 aliphatic rings. The Hall–Kier alpha value is -0.930. The molecule has 3 nitrogen and oxygen atoms in total. The average Bonchev–Trinajstić information content (AvgIpc) is 2.23. The largest absolute Gasteiger partial charge is 0.393 e. The molecule has 3 heteroatoms. The molecule has 1 aliphatic carbocycles. The predicted octanol–water partition coefficient (Wildman–Crippen LogP) is 1.48. The molecule has 1 aromatic rings. The Morgan fingerprint density at radius 3 is 2.67 bits per heavy atom. The number of hydrogen-bond acceptors (Lipinski definition) is 3. The number of nitrogens with zero attached hydrogens (tertiary/aromatic N) is 1. The van der Waals surface area contributed by atoms with Crippen LogP contribution in [-0.2, 0) is 5.54 Å². The second kappa shape index (κ2) is 3.91. The highest BCUT2D eigenvalue weighted by Crippen LogP contribution is 2.34. The number of aliphatic hydroxyl groups is 1. The molecule has 0 bridgehead atoms. The van der Waals surface area contributed by atoms with Gasteiger partial charge in [-0.1, -0.05) is 6.07 Å². The number of pyridine rings is 1. The SMILES string of the molecule is Cc1cncc(C2(N)CCC(O)CC2)c1. The highest BCUT2D eigenvalue weighted by atomic mass is 16.3. The zero-order valence-electron chi connectivity index (χ0n) is 9.11. The molecule has 2 rings (SSSR count). The van der Waals surface area contributed by atoms with Crippen molar-refractivity contribution < 1.29 is 5.11 Å². The maximum Gasteiger partial charge on any atom is 0.0541 e. The number of aromatic nitrogens is 1. The molecule has 15 heavy (non-hydrogen) atoms. The van der Waals surface area contributed by atoms with Crippen molar-refractivity contribution in [3.63, 3.8) is 0 Å². The minimum atomic E-state index is -0.280. The van der Waals surface area contributed by atoms with Gasteiger partial charge >= 0.3 is 0 Å². The third-order valence-corrected chi connectivity index (χ3v) is 3.30. The normalized spacial score (nSPS) is 31.5. The fourth-order valence-corrected chi connectivity index (χ4v) is 2.23. The zero-order valence-corrected chi connectivity index (χ0v) is 9.11. The first-order chi connectivity index (χ1) is 7.10. The predicted molar refractivity (Wildman–Crippen MR) is 59.3 cm³/mol. The van der Waals surface area contributed by atoms with E-state index in [1.807, 2.05) is 19.3 Å². The molecule has 0 unspecified atom stereocenters. The van der Waals surface area contributed by atoms with Gasteiger partial charge in [0.2, 0.25) is 0 Å². The molecule has 0 aliphatic heterocycles. The fraction of sp³-hybridized carbons (Fsp3) is 0.583. The van der Waals surface area contributed by atoms with Crippen molar-refractivity contribution in [1.82, 2.24) is 4.98 Å². The van der Waals surface area contributed by atoms with E-state index in [9.17, 15) is 5.11 Å². The Morgan fingerprint density at radius 2 is 2.07 bits per heavy atom. The smallest absolute Gasteiger partial charge is 0.0541 e. The lowest BCUT2D eigenvalue weighted by atomic mass is 9.77. The molecular weight excluding hydrogens is 188 g/mol. The van der Waals surface area contributed by atoms with E-state index >= 15 is 0 Å². The molecule has 82 valence electrons. The summed E-state index contributed by atoms with van der Waals surface area (Å²) in [7, 11) is 0. The molecule has 1 heterocycles. The van der Waals surface area contributed by atoms with E-state index in [0.29, 0.717) is 0 Å². The van der Waals surface area contributed by atoms with E-state index in [4.69, 9.17) is 5.73 Å². The van der Waals surface area contributed by atoms with E-state index < -0.39 is 0 Å². The number of aryl methyl sites for hydroxylation is 1. The summed E-state index contributed by atoms with van der Waals surface area (Å²) in [6, 6.07) is 2.10. The van der Waals surface area contributed by atoms with Crippen LogP contribution in [0, 0.1) is 6.92 Å². The van der Waals surface area contributed by atoms with E-state index in [-0.39, 0.29) is 11.6 Å². The van der Waals surface area contributed by atoms with Crippen LogP contribution in [0.5, 0.6) is 0 Å². The Bertz CT molecular complexity index is 343. The lowest BCUT2D eigenvalue weighted by molar-refractivity contribution is 0.0968. The van der Waals surface area contributed by atoms with Gasteiger partial charge < -0.3 is 10.8 Å². The van der Waals surface area contributed by atoms with E-state index in [2.05, 4.69) is 11.1 Å². The van der Waals surface area contributed by atoms with Gasteiger partial charge in [0, 0.05) is 17.9 Å². The van der Waals surface area contributed by atoms with Gasteiger partial charge in [0.25, 0.3) is 0 Å². The van der Waals surface area contributed by atoms with Gasteiger partial charge in [0.1, 0.15) is 0 Å². The highest BCUT2D eigenvalue weighted by Gasteiger charge is 2.32. The summed E-state index contributed by atoms with van der Waals surface area (Å²) in [5.41, 5.74) is 8.33. The number of nitrogens with two attached hydrogens (primary N) is 1. The maximum atomic E-state index is 9.47. The number of aliphatic hydroxyl groups excluding tert-OH is 1. The minimum Gasteiger partial charge on any atom is -0.393 e. The van der Waals surface area contributed by atoms with Gasteiger partial charge in [-0.05, 0) is 43.7 Å². The Labute approximate surface area is 90.3 Å². The van der Waals surface area contributed by atoms with Crippen LogP contribution in [0.25, 0.3) is 0 Å². The van der Waals surface area contributed by atoms with Gasteiger partial charge in [-0.15, -0.1) is 0 Å². The average molecular weight is 206 g/mol. The first kappa shape index (κ1) is 10.6. The summed E-state index contributed by atoms with van der Waals surface area (Å²) in [5, 5.41) is 9.47. The Kier molecular flexibility index (Phi) is 2.76. The van der Waals surface area contributed by atoms with Crippen LogP contribution in [0.2, 0.25) is 0 Å². The van der Waals surface area contributed by atoms with Crippen LogP contribution in [0.15, 0.2) is 18.5 Å². The van der Waals surface area contributed by atoms with Gasteiger partial charge in [-0.2, -0.15) is 0 Å². The monoisotopic (exact) mass is 206 g/mol. The topological polar surface area (TPSA) is 59.1 Å². The van der Waals surface area contributed by atoms with Crippen molar-refractivity contribution >= 4 is 0 Å². The van der Waals surface area contributed by atoms with Crippen molar-refractivity contribution in [2.75, 3.05) is 0 Å². The van der Waals surface area contributed by atoms with Gasteiger partial charge in [0.15, 0.2) is 0 Å². The van der Waals surface area contributed by atoms with Crippen molar-refractivity contribution in [2.24, 2.45) is 5.73 Å². The molecule has 0 spiro atoms. The summed E-state index contributed by atoms with van der Waals surface area (Å²) >= 11 is 0. The summed E-state index contributed by atoms with van der Waals surface area (Å²) in [5.74, 6) is 0. The molecule has 3 N–H and O–H groups in total. The lowest BCUT2D eigenvalue weighted by Gasteiger charge is -2.35. The standard InChI is InChI=1S/C12H18N2O/c1-9-6-10(8-14-7-9)12(13)4-2-11(15)3-5-12/h6-8,11,15H,2-5,13H2,1H3. The molecule has 0 amide bonds. The van der Waals surface area contributed by atoms with Crippen LogP contribution < -0.4 is 5.73 Å². The molecule has 0 radical (unpaired) electrons. The number of rotatable bonds is 1. The molecule has 1 aromatic heterocycles. The first-order valence-electron chi connectivity index (χ1n) is 5.49. The molecule has 1 saturated carbocycles. The van der Waals surface area contributed by atoms with Crippen molar-refractivity contribution in [2.45, 2.75) is 44.2 Å². The van der Waals surface area contributed by atoms with E-state index in [1.165, 1.54) is 0 Å². The van der Waals surface area contributed by atoms with E-state index in [0.717, 1.165) is 36.8 Å². The second-order valence-corrected chi connectivity index (χ2v) is 4.64. The van der Waals surface area contributed by atoms with Crippen LogP contribution in [-0.4, -0.2) is 16.2 Å². The van der Waals surface area contributed by atoms with Crippen molar-refractivity contribution in [3.8, 4) is 0 Å². The van der Waals surface area contributed by atoms with Crippen molar-refractivity contribution in [3.05, 3.63) is 29.6 Å². The van der Waals surface area contributed by atoms with Crippen LogP contribution in [0.4, 0.5) is 0 Å². The van der Waals surface area contributed by atoms with Gasteiger partial charge in [-0.3, -0.25) is 4.98 Å². The van der Waals surface area contributed by atoms with Gasteiger partial charge in [-0.25, -0.2) is 0 Å². The summed E-state index contributed by atoms with van der Waals surface area (Å²) < 4.78 is 0. The molecule has 0 aromatic carbocycles. The molecule has 1 fully saturated rings. The van der Waals surface area contributed by atoms with Gasteiger partial charge in [0.05, 0.1) is 6.10 Å². The molecule has 0 atom stereocenters. The highest BCUT2D eigenvalue weighted by molar-refractivity contribution is 5.25. The number of hydrogen-bond donors (Lipinski definition) is 2. The third kappa shape index (κ3) is 2.19. The third-order valence-electron chi connectivity index (χ3n) is 3.30. The lowest BCUT2D eigenvalue weighted by Crippen LogP contribution is -2.41. The second-order valence-electron chi connectivity index (χ2n) is 4.64. The van der Waals surface area contributed by atoms with E-state index in [1.54, 1.807) is 0 Å². The Morgan fingerprint density at radius 1 is 1.40 bits per heavy atom. The van der Waals surface area contributed by atoms with Crippen LogP contribution in [0.1, 0.15) is 36.8 Å². The quantitative estimate of drug-likeness (QED) is 0.731. The summed E-state index contributed by atoms with van der Waals surface area (Å²) in [6.07, 6.45) is 6.81. The maximum absolute atomic E-state index is 9.47. The molecule has 0 saturated heterocycles. The minimum absolute atomic E-state index is 0.167. The molecular formula is C12H18N2O. The summed E-state index contributed by atoms with van der Waals surface area (Å²) in [4.78, 5) is 4.18. The first-order valence-corrected chi connectivity index (χ1v) is 5.49. The Balaban J connectivity index is 2.22. The summed E-state index contributed by atoms with van der Waals surface area (Å²) in [6.45, 7) is 2.03.